The molecule has 6 nitrogen and oxygen atoms in total. The molecule has 1 N–H and O–H groups in total. The normalized spacial score (nSPS) is 13.6. The molecule has 0 fully saturated rings. The second kappa shape index (κ2) is 7.15. The van der Waals surface area contributed by atoms with Crippen LogP contribution < -0.4 is 14.8 Å². The first-order valence-corrected chi connectivity index (χ1v) is 7.48. The van der Waals surface area contributed by atoms with Gasteiger partial charge in [0.05, 0.1) is 0 Å². The molecule has 1 aliphatic heterocycles. The number of ether oxygens (including phenoxy) is 2. The van der Waals surface area contributed by atoms with Crippen LogP contribution in [0.1, 0.15) is 37.6 Å². The largest absolute Gasteiger partial charge is 0.454 e. The van der Waals surface area contributed by atoms with E-state index < -0.39 is 0 Å². The molecule has 120 valence electrons. The number of hydrogen-bond acceptors (Lipinski definition) is 4. The van der Waals surface area contributed by atoms with E-state index in [0.717, 1.165) is 6.42 Å². The SMILES string of the molecule is CCC(C)N(CCNC(=O)c1ccc2c(c1)OCO2)C(C)=O. The van der Waals surface area contributed by atoms with Gasteiger partial charge in [-0.25, -0.2) is 0 Å². The van der Waals surface area contributed by atoms with Crippen molar-refractivity contribution in [3.05, 3.63) is 23.8 Å². The van der Waals surface area contributed by atoms with E-state index in [4.69, 9.17) is 9.47 Å². The molecule has 1 unspecified atom stereocenters. The van der Waals surface area contributed by atoms with E-state index in [1.807, 2.05) is 13.8 Å². The van der Waals surface area contributed by atoms with Gasteiger partial charge in [-0.1, -0.05) is 6.92 Å². The Balaban J connectivity index is 1.88. The van der Waals surface area contributed by atoms with Crippen molar-refractivity contribution in [2.24, 2.45) is 0 Å². The summed E-state index contributed by atoms with van der Waals surface area (Å²) in [7, 11) is 0. The quantitative estimate of drug-likeness (QED) is 0.870. The fourth-order valence-electron chi connectivity index (χ4n) is 2.34. The zero-order valence-corrected chi connectivity index (χ0v) is 13.2. The van der Waals surface area contributed by atoms with Crippen molar-refractivity contribution >= 4 is 11.8 Å². The van der Waals surface area contributed by atoms with E-state index in [1.54, 1.807) is 30.0 Å². The van der Waals surface area contributed by atoms with Crippen LogP contribution in [0.5, 0.6) is 11.5 Å². The van der Waals surface area contributed by atoms with Gasteiger partial charge in [0.1, 0.15) is 0 Å². The topological polar surface area (TPSA) is 67.9 Å². The van der Waals surface area contributed by atoms with Crippen molar-refractivity contribution in [3.8, 4) is 11.5 Å². The standard InChI is InChI=1S/C16H22N2O4/c1-4-11(2)18(12(3)19)8-7-17-16(20)13-5-6-14-15(9-13)22-10-21-14/h5-6,9,11H,4,7-8,10H2,1-3H3,(H,17,20). The number of carbonyl (C=O) groups excluding carboxylic acids is 2. The van der Waals surface area contributed by atoms with Gasteiger partial charge in [0.15, 0.2) is 11.5 Å². The summed E-state index contributed by atoms with van der Waals surface area (Å²) in [6.45, 7) is 6.68. The average Bonchev–Trinajstić information content (AvgIpc) is 2.97. The molecule has 0 spiro atoms. The van der Waals surface area contributed by atoms with Crippen molar-refractivity contribution in [2.75, 3.05) is 19.9 Å². The number of hydrogen-bond donors (Lipinski definition) is 1. The van der Waals surface area contributed by atoms with Gasteiger partial charge in [-0.2, -0.15) is 0 Å². The van der Waals surface area contributed by atoms with Crippen molar-refractivity contribution in [2.45, 2.75) is 33.2 Å². The van der Waals surface area contributed by atoms with Crippen molar-refractivity contribution in [3.63, 3.8) is 0 Å². The maximum atomic E-state index is 12.1. The summed E-state index contributed by atoms with van der Waals surface area (Å²) in [5.41, 5.74) is 0.516. The molecule has 1 atom stereocenters. The smallest absolute Gasteiger partial charge is 0.251 e. The zero-order chi connectivity index (χ0) is 16.1. The summed E-state index contributed by atoms with van der Waals surface area (Å²) in [6, 6.07) is 5.24. The first-order chi connectivity index (χ1) is 10.5. The van der Waals surface area contributed by atoms with Gasteiger partial charge in [-0.3, -0.25) is 9.59 Å². The van der Waals surface area contributed by atoms with E-state index in [0.29, 0.717) is 30.2 Å². The number of amides is 2. The molecule has 0 aromatic heterocycles. The highest BCUT2D eigenvalue weighted by Crippen LogP contribution is 2.32. The van der Waals surface area contributed by atoms with Crippen LogP contribution in [0, 0.1) is 0 Å². The predicted octanol–water partition coefficient (Wildman–Crippen LogP) is 1.79. The van der Waals surface area contributed by atoms with E-state index in [9.17, 15) is 9.59 Å². The van der Waals surface area contributed by atoms with Gasteiger partial charge < -0.3 is 19.7 Å². The Labute approximate surface area is 130 Å². The molecule has 0 radical (unpaired) electrons. The third-order valence-electron chi connectivity index (χ3n) is 3.80. The summed E-state index contributed by atoms with van der Waals surface area (Å²) in [5.74, 6) is 1.06. The lowest BCUT2D eigenvalue weighted by Gasteiger charge is -2.27. The second-order valence-electron chi connectivity index (χ2n) is 5.29. The summed E-state index contributed by atoms with van der Waals surface area (Å²) < 4.78 is 10.5. The third-order valence-corrected chi connectivity index (χ3v) is 3.80. The molecule has 1 aromatic carbocycles. The third kappa shape index (κ3) is 3.69. The predicted molar refractivity (Wildman–Crippen MR) is 82.0 cm³/mol. The Morgan fingerprint density at radius 2 is 2.05 bits per heavy atom. The van der Waals surface area contributed by atoms with Crippen LogP contribution in [-0.4, -0.2) is 42.6 Å². The lowest BCUT2D eigenvalue weighted by atomic mass is 10.2. The molecule has 6 heteroatoms. The minimum atomic E-state index is -0.189. The Hall–Kier alpha value is -2.24. The molecule has 0 bridgehead atoms. The average molecular weight is 306 g/mol. The fraction of sp³-hybridized carbons (Fsp3) is 0.500. The number of fused-ring (bicyclic) bond motifs is 1. The van der Waals surface area contributed by atoms with Crippen LogP contribution >= 0.6 is 0 Å². The minimum absolute atomic E-state index is 0.0201. The molecule has 22 heavy (non-hydrogen) atoms. The van der Waals surface area contributed by atoms with Crippen molar-refractivity contribution in [1.82, 2.24) is 10.2 Å². The first-order valence-electron chi connectivity index (χ1n) is 7.48. The number of carbonyl (C=O) groups is 2. The summed E-state index contributed by atoms with van der Waals surface area (Å²) >= 11 is 0. The number of nitrogens with one attached hydrogen (secondary N) is 1. The molecule has 1 aromatic rings. The summed E-state index contributed by atoms with van der Waals surface area (Å²) in [5, 5.41) is 2.83. The monoisotopic (exact) mass is 306 g/mol. The van der Waals surface area contributed by atoms with Crippen LogP contribution in [-0.2, 0) is 4.79 Å². The van der Waals surface area contributed by atoms with Gasteiger partial charge in [0.25, 0.3) is 5.91 Å². The highest BCUT2D eigenvalue weighted by atomic mass is 16.7. The van der Waals surface area contributed by atoms with E-state index >= 15 is 0 Å². The maximum absolute atomic E-state index is 12.1. The molecule has 0 saturated heterocycles. The Morgan fingerprint density at radius 3 is 2.73 bits per heavy atom. The summed E-state index contributed by atoms with van der Waals surface area (Å²) in [6.07, 6.45) is 0.885. The Morgan fingerprint density at radius 1 is 1.32 bits per heavy atom. The maximum Gasteiger partial charge on any atom is 0.251 e. The minimum Gasteiger partial charge on any atom is -0.454 e. The van der Waals surface area contributed by atoms with Gasteiger partial charge in [0, 0.05) is 31.6 Å². The van der Waals surface area contributed by atoms with Gasteiger partial charge >= 0.3 is 0 Å². The molecule has 1 aliphatic rings. The van der Waals surface area contributed by atoms with E-state index in [1.165, 1.54) is 0 Å². The van der Waals surface area contributed by atoms with Gasteiger partial charge in [0.2, 0.25) is 12.7 Å². The van der Waals surface area contributed by atoms with Crippen LogP contribution in [0.4, 0.5) is 0 Å². The molecule has 1 heterocycles. The van der Waals surface area contributed by atoms with Crippen molar-refractivity contribution in [1.29, 1.82) is 0 Å². The first kappa shape index (κ1) is 16.1. The number of nitrogens with zero attached hydrogens (tertiary/aromatic N) is 1. The molecular formula is C16H22N2O4. The number of rotatable bonds is 6. The Bertz CT molecular complexity index is 559. The lowest BCUT2D eigenvalue weighted by Crippen LogP contribution is -2.42. The van der Waals surface area contributed by atoms with Crippen LogP contribution in [0.15, 0.2) is 18.2 Å². The second-order valence-corrected chi connectivity index (χ2v) is 5.29. The van der Waals surface area contributed by atoms with Crippen molar-refractivity contribution < 1.29 is 19.1 Å². The molecule has 0 aliphatic carbocycles. The highest BCUT2D eigenvalue weighted by molar-refractivity contribution is 5.94. The Kier molecular flexibility index (Phi) is 5.25. The number of benzene rings is 1. The molecular weight excluding hydrogens is 284 g/mol. The molecule has 2 amide bonds. The van der Waals surface area contributed by atoms with E-state index in [-0.39, 0.29) is 24.6 Å². The highest BCUT2D eigenvalue weighted by Gasteiger charge is 2.17. The molecule has 2 rings (SSSR count). The van der Waals surface area contributed by atoms with Crippen LogP contribution in [0.2, 0.25) is 0 Å². The van der Waals surface area contributed by atoms with E-state index in [2.05, 4.69) is 5.32 Å². The van der Waals surface area contributed by atoms with Gasteiger partial charge in [-0.05, 0) is 31.5 Å². The van der Waals surface area contributed by atoms with Gasteiger partial charge in [-0.15, -0.1) is 0 Å². The fourth-order valence-corrected chi connectivity index (χ4v) is 2.34. The van der Waals surface area contributed by atoms with Crippen LogP contribution in [0.3, 0.4) is 0 Å². The molecule has 0 saturated carbocycles. The lowest BCUT2D eigenvalue weighted by molar-refractivity contribution is -0.130. The summed E-state index contributed by atoms with van der Waals surface area (Å²) in [4.78, 5) is 25.5. The zero-order valence-electron chi connectivity index (χ0n) is 13.2. The van der Waals surface area contributed by atoms with Crippen LogP contribution in [0.25, 0.3) is 0 Å².